The molecule has 1 aliphatic rings. The first kappa shape index (κ1) is 47.6. The van der Waals surface area contributed by atoms with Crippen LogP contribution in [0.15, 0.2) is 123 Å². The summed E-state index contributed by atoms with van der Waals surface area (Å²) in [5.41, 5.74) is 1.23. The Morgan fingerprint density at radius 2 is 1.14 bits per heavy atom. The van der Waals surface area contributed by atoms with Crippen molar-refractivity contribution in [3.8, 4) is 11.1 Å². The molecule has 0 saturated heterocycles. The highest BCUT2D eigenvalue weighted by atomic mass is 127. The highest BCUT2D eigenvalue weighted by Crippen LogP contribution is 2.37. The molecule has 0 fully saturated rings. The van der Waals surface area contributed by atoms with Crippen LogP contribution in [0.4, 0.5) is 39.5 Å². The van der Waals surface area contributed by atoms with Crippen LogP contribution in [0.5, 0.6) is 0 Å². The van der Waals surface area contributed by atoms with Crippen LogP contribution in [0.1, 0.15) is 28.7 Å². The summed E-state index contributed by atoms with van der Waals surface area (Å²) < 4.78 is 115. The van der Waals surface area contributed by atoms with Crippen LogP contribution in [-0.2, 0) is 18.5 Å². The normalized spacial score (nSPS) is 13.2. The molecule has 0 radical (unpaired) electrons. The quantitative estimate of drug-likeness (QED) is 0.107. The summed E-state index contributed by atoms with van der Waals surface area (Å²) in [5, 5.41) is 17.1. The van der Waals surface area contributed by atoms with Gasteiger partial charge in [-0.2, -0.15) is 39.5 Å². The Hall–Kier alpha value is -2.82. The van der Waals surface area contributed by atoms with Gasteiger partial charge in [0.05, 0.1) is 16.7 Å². The standard InChI is InChI=1S/C13H13BrF3N.C12H7BrF3N.C7H3BrF3I.C5H6BNO2/c1-18-6-2-3-9(8-18)11-7-10(13(15,16)17)4-5-12(11)14;13-11-4-3-9(12(14,15)16)6-10(11)8-2-1-5-17-7-8;8-5-2-1-4(3-6(5)12)7(9,10)11;8-6(9)5-2-1-3-7-4-5/h3-5,7H,2,6,8H2,1H3;1-7H;1-3H;1-4,8-9H. The number of pyridine rings is 2. The molecule has 5 nitrogen and oxygen atoms in total. The van der Waals surface area contributed by atoms with Crippen LogP contribution in [0.3, 0.4) is 0 Å². The maximum absolute atomic E-state index is 12.7. The summed E-state index contributed by atoms with van der Waals surface area (Å²) in [7, 11) is 0.563. The van der Waals surface area contributed by atoms with Gasteiger partial charge in [-0.25, -0.2) is 0 Å². The molecule has 19 heteroatoms. The number of benzene rings is 3. The van der Waals surface area contributed by atoms with Crippen molar-refractivity contribution in [2.24, 2.45) is 0 Å². The molecule has 0 bridgehead atoms. The molecule has 1 aliphatic heterocycles. The summed E-state index contributed by atoms with van der Waals surface area (Å²) in [5.74, 6) is 0. The van der Waals surface area contributed by atoms with E-state index in [9.17, 15) is 39.5 Å². The summed E-state index contributed by atoms with van der Waals surface area (Å²) in [4.78, 5) is 9.68. The van der Waals surface area contributed by atoms with Crippen LogP contribution in [0, 0.1) is 3.57 Å². The lowest BCUT2D eigenvalue weighted by molar-refractivity contribution is -0.138. The summed E-state index contributed by atoms with van der Waals surface area (Å²) >= 11 is 11.5. The van der Waals surface area contributed by atoms with E-state index in [0.29, 0.717) is 45.7 Å². The number of halogens is 13. The minimum Gasteiger partial charge on any atom is -0.423 e. The third kappa shape index (κ3) is 15.2. The van der Waals surface area contributed by atoms with Crippen LogP contribution in [-0.4, -0.2) is 52.2 Å². The minimum atomic E-state index is -4.34. The number of aromatic nitrogens is 2. The fourth-order valence-corrected chi connectivity index (χ4v) is 6.42. The lowest BCUT2D eigenvalue weighted by atomic mass is 9.82. The van der Waals surface area contributed by atoms with E-state index in [1.165, 1.54) is 36.7 Å². The third-order valence-corrected chi connectivity index (χ3v) is 11.2. The Bertz CT molecular complexity index is 2060. The molecule has 56 heavy (non-hydrogen) atoms. The van der Waals surface area contributed by atoms with Gasteiger partial charge in [-0.3, -0.25) is 9.97 Å². The maximum Gasteiger partial charge on any atom is 0.490 e. The zero-order valence-corrected chi connectivity index (χ0v) is 35.7. The van der Waals surface area contributed by atoms with E-state index in [0.717, 1.165) is 48.9 Å². The molecule has 0 saturated carbocycles. The van der Waals surface area contributed by atoms with Crippen molar-refractivity contribution in [3.05, 3.63) is 149 Å². The van der Waals surface area contributed by atoms with E-state index in [1.807, 2.05) is 35.7 Å². The molecule has 0 spiro atoms. The number of hydrogen-bond acceptors (Lipinski definition) is 5. The Morgan fingerprint density at radius 3 is 1.57 bits per heavy atom. The fraction of sp³-hybridized carbons (Fsp3) is 0.189. The smallest absolute Gasteiger partial charge is 0.423 e. The number of rotatable bonds is 3. The highest BCUT2D eigenvalue weighted by molar-refractivity contribution is 14.1. The van der Waals surface area contributed by atoms with E-state index >= 15 is 0 Å². The maximum atomic E-state index is 12.7. The minimum absolute atomic E-state index is 0.414. The zero-order valence-electron chi connectivity index (χ0n) is 28.7. The molecule has 6 rings (SSSR count). The molecule has 298 valence electrons. The van der Waals surface area contributed by atoms with Crippen LogP contribution >= 0.6 is 70.4 Å². The van der Waals surface area contributed by atoms with Gasteiger partial charge in [0.15, 0.2) is 0 Å². The average Bonchev–Trinajstić information content (AvgIpc) is 3.13. The molecular weight excluding hydrogens is 1070 g/mol. The van der Waals surface area contributed by atoms with E-state index in [4.69, 9.17) is 10.0 Å². The molecule has 0 amide bonds. The van der Waals surface area contributed by atoms with Gasteiger partial charge in [0.25, 0.3) is 0 Å². The van der Waals surface area contributed by atoms with Gasteiger partial charge < -0.3 is 14.9 Å². The lowest BCUT2D eigenvalue weighted by Crippen LogP contribution is -2.29. The highest BCUT2D eigenvalue weighted by Gasteiger charge is 2.32. The first-order chi connectivity index (χ1) is 26.1. The van der Waals surface area contributed by atoms with Gasteiger partial charge in [-0.1, -0.05) is 50.1 Å². The van der Waals surface area contributed by atoms with E-state index in [1.54, 1.807) is 36.7 Å². The van der Waals surface area contributed by atoms with Gasteiger partial charge >= 0.3 is 25.6 Å². The Balaban J connectivity index is 0.000000207. The van der Waals surface area contributed by atoms with Gasteiger partial charge in [0.2, 0.25) is 0 Å². The number of likely N-dealkylation sites (N-methyl/N-ethyl adjacent to an activating group) is 1. The second-order valence-electron chi connectivity index (χ2n) is 11.7. The summed E-state index contributed by atoms with van der Waals surface area (Å²) in [6, 6.07) is 17.5. The molecule has 2 aromatic heterocycles. The second-order valence-corrected chi connectivity index (χ2v) is 15.4. The van der Waals surface area contributed by atoms with Crippen molar-refractivity contribution in [2.45, 2.75) is 24.9 Å². The third-order valence-electron chi connectivity index (χ3n) is 7.48. The fourth-order valence-electron chi connectivity index (χ4n) is 4.68. The molecule has 0 unspecified atom stereocenters. The Kier molecular flexibility index (Phi) is 18.1. The molecule has 0 atom stereocenters. The lowest BCUT2D eigenvalue weighted by Gasteiger charge is -2.24. The Morgan fingerprint density at radius 1 is 0.661 bits per heavy atom. The van der Waals surface area contributed by atoms with Gasteiger partial charge in [-0.05, 0) is 135 Å². The predicted octanol–water partition coefficient (Wildman–Crippen LogP) is 11.6. The second kappa shape index (κ2) is 21.3. The van der Waals surface area contributed by atoms with E-state index in [2.05, 4.69) is 62.7 Å². The molecule has 3 heterocycles. The number of alkyl halides is 9. The largest absolute Gasteiger partial charge is 0.490 e. The van der Waals surface area contributed by atoms with E-state index < -0.39 is 42.3 Å². The van der Waals surface area contributed by atoms with Crippen LogP contribution in [0.25, 0.3) is 16.7 Å². The first-order valence-corrected chi connectivity index (χ1v) is 19.3. The van der Waals surface area contributed by atoms with Crippen LogP contribution < -0.4 is 5.46 Å². The predicted molar refractivity (Wildman–Crippen MR) is 218 cm³/mol. The van der Waals surface area contributed by atoms with Gasteiger partial charge in [-0.15, -0.1) is 0 Å². The number of nitrogens with zero attached hydrogens (tertiary/aromatic N) is 3. The van der Waals surface area contributed by atoms with Crippen molar-refractivity contribution in [2.75, 3.05) is 20.1 Å². The SMILES string of the molecule is CN1CCC=C(c2cc(C(F)(F)F)ccc2Br)C1.FC(F)(F)c1ccc(Br)c(-c2cccnc2)c1.FC(F)(F)c1ccc(Br)c(I)c1.OB(O)c1cccnc1. The molecule has 3 aromatic carbocycles. The number of hydrogen-bond donors (Lipinski definition) is 2. The van der Waals surface area contributed by atoms with Gasteiger partial charge in [0.1, 0.15) is 0 Å². The van der Waals surface area contributed by atoms with Crippen LogP contribution in [0.2, 0.25) is 0 Å². The average molecular weight is 1100 g/mol. The van der Waals surface area contributed by atoms with Crippen molar-refractivity contribution in [1.82, 2.24) is 14.9 Å². The van der Waals surface area contributed by atoms with Crippen molar-refractivity contribution in [3.63, 3.8) is 0 Å². The summed E-state index contributed by atoms with van der Waals surface area (Å²) in [6.07, 6.45) is -3.91. The Labute approximate surface area is 355 Å². The zero-order chi connectivity index (χ0) is 41.8. The van der Waals surface area contributed by atoms with Crippen molar-refractivity contribution < 1.29 is 49.6 Å². The molecular formula is C37H29BBr3F9IN3O2. The molecule has 0 aliphatic carbocycles. The first-order valence-electron chi connectivity index (χ1n) is 15.9. The molecule has 5 aromatic rings. The molecule has 2 N–H and O–H groups in total. The van der Waals surface area contributed by atoms with Crippen molar-refractivity contribution in [1.29, 1.82) is 0 Å². The summed E-state index contributed by atoms with van der Waals surface area (Å²) in [6.45, 7) is 1.62. The van der Waals surface area contributed by atoms with E-state index in [-0.39, 0.29) is 0 Å². The van der Waals surface area contributed by atoms with Gasteiger partial charge in [0, 0.05) is 65.9 Å². The topological polar surface area (TPSA) is 69.5 Å². The monoisotopic (exact) mass is 1090 g/mol. The van der Waals surface area contributed by atoms with Crippen molar-refractivity contribution >= 4 is 88.5 Å².